The van der Waals surface area contributed by atoms with Crippen LogP contribution in [0.5, 0.6) is 0 Å². The summed E-state index contributed by atoms with van der Waals surface area (Å²) in [4.78, 5) is 0.0975. The van der Waals surface area contributed by atoms with E-state index in [-0.39, 0.29) is 23.6 Å². The van der Waals surface area contributed by atoms with Crippen LogP contribution in [-0.4, -0.2) is 31.9 Å². The third-order valence-electron chi connectivity index (χ3n) is 4.25. The maximum absolute atomic E-state index is 13.1. The Labute approximate surface area is 141 Å². The van der Waals surface area contributed by atoms with Gasteiger partial charge in [-0.1, -0.05) is 29.8 Å². The average molecular weight is 349 g/mol. The first kappa shape index (κ1) is 17.1. The van der Waals surface area contributed by atoms with Crippen LogP contribution in [0.2, 0.25) is 0 Å². The van der Waals surface area contributed by atoms with Gasteiger partial charge < -0.3 is 4.74 Å². The van der Waals surface area contributed by atoms with E-state index in [4.69, 9.17) is 4.74 Å². The van der Waals surface area contributed by atoms with Gasteiger partial charge in [0.05, 0.1) is 17.6 Å². The highest BCUT2D eigenvalue weighted by Crippen LogP contribution is 2.29. The van der Waals surface area contributed by atoms with Crippen LogP contribution in [0.1, 0.15) is 24.2 Å². The topological polar surface area (TPSA) is 46.6 Å². The Hall–Kier alpha value is -1.76. The van der Waals surface area contributed by atoms with Gasteiger partial charge in [-0.3, -0.25) is 0 Å². The zero-order chi connectivity index (χ0) is 17.3. The van der Waals surface area contributed by atoms with Gasteiger partial charge in [-0.2, -0.15) is 4.31 Å². The number of benzene rings is 2. The molecule has 2 atom stereocenters. The normalized spacial score (nSPS) is 22.5. The van der Waals surface area contributed by atoms with Crippen molar-refractivity contribution >= 4 is 10.0 Å². The van der Waals surface area contributed by atoms with Crippen LogP contribution in [0.4, 0.5) is 4.39 Å². The summed E-state index contributed by atoms with van der Waals surface area (Å²) < 4.78 is 46.1. The predicted octanol–water partition coefficient (Wildman–Crippen LogP) is 3.28. The molecule has 0 saturated carbocycles. The molecule has 1 aliphatic rings. The summed E-state index contributed by atoms with van der Waals surface area (Å²) in [5.41, 5.74) is 2.09. The molecule has 24 heavy (non-hydrogen) atoms. The monoisotopic (exact) mass is 349 g/mol. The Balaban J connectivity index is 1.88. The van der Waals surface area contributed by atoms with Crippen molar-refractivity contribution < 1.29 is 17.5 Å². The molecular weight excluding hydrogens is 329 g/mol. The van der Waals surface area contributed by atoms with Crippen molar-refractivity contribution in [3.8, 4) is 0 Å². The van der Waals surface area contributed by atoms with Crippen molar-refractivity contribution in [1.82, 2.24) is 4.31 Å². The van der Waals surface area contributed by atoms with Crippen molar-refractivity contribution in [1.29, 1.82) is 0 Å². The quantitative estimate of drug-likeness (QED) is 0.854. The van der Waals surface area contributed by atoms with Gasteiger partial charge in [0, 0.05) is 12.6 Å². The van der Waals surface area contributed by atoms with Crippen molar-refractivity contribution in [2.24, 2.45) is 0 Å². The van der Waals surface area contributed by atoms with E-state index in [2.05, 4.69) is 0 Å². The van der Waals surface area contributed by atoms with Crippen molar-refractivity contribution in [2.45, 2.75) is 30.9 Å². The van der Waals surface area contributed by atoms with Crippen molar-refractivity contribution in [2.75, 3.05) is 13.2 Å². The number of rotatable bonds is 3. The van der Waals surface area contributed by atoms with Crippen molar-refractivity contribution in [3.63, 3.8) is 0 Å². The Morgan fingerprint density at radius 3 is 2.33 bits per heavy atom. The molecule has 2 unspecified atom stereocenters. The number of nitrogens with zero attached hydrogens (tertiary/aromatic N) is 1. The van der Waals surface area contributed by atoms with Gasteiger partial charge in [0.2, 0.25) is 10.0 Å². The minimum Gasteiger partial charge on any atom is -0.370 e. The molecule has 2 aromatic carbocycles. The summed E-state index contributed by atoms with van der Waals surface area (Å²) >= 11 is 0. The molecule has 0 aromatic heterocycles. The van der Waals surface area contributed by atoms with Crippen LogP contribution in [0.15, 0.2) is 53.4 Å². The lowest BCUT2D eigenvalue weighted by molar-refractivity contribution is -0.0288. The zero-order valence-electron chi connectivity index (χ0n) is 13.6. The number of hydrogen-bond donors (Lipinski definition) is 0. The molecule has 0 radical (unpaired) electrons. The molecule has 1 heterocycles. The summed E-state index contributed by atoms with van der Waals surface area (Å²) in [6.45, 7) is 4.37. The van der Waals surface area contributed by atoms with Gasteiger partial charge in [-0.25, -0.2) is 12.8 Å². The van der Waals surface area contributed by atoms with Crippen LogP contribution >= 0.6 is 0 Å². The standard InChI is InChI=1S/C18H20FNO3S/c1-13-3-5-15(6-4-13)18-11-20(14(2)12-23-18)24(21,22)17-9-7-16(19)8-10-17/h3-10,14,18H,11-12H2,1-2H3. The molecule has 0 N–H and O–H groups in total. The molecule has 1 aliphatic heterocycles. The second-order valence-corrected chi connectivity index (χ2v) is 8.00. The molecule has 0 aliphatic carbocycles. The van der Waals surface area contributed by atoms with Crippen LogP contribution in [0, 0.1) is 12.7 Å². The first-order valence-corrected chi connectivity index (χ1v) is 9.27. The average Bonchev–Trinajstić information content (AvgIpc) is 2.56. The highest BCUT2D eigenvalue weighted by molar-refractivity contribution is 7.89. The Bertz CT molecular complexity index is 803. The summed E-state index contributed by atoms with van der Waals surface area (Å²) in [5, 5.41) is 0. The molecule has 1 fully saturated rings. The number of morpholine rings is 1. The smallest absolute Gasteiger partial charge is 0.243 e. The van der Waals surface area contributed by atoms with Crippen LogP contribution in [-0.2, 0) is 14.8 Å². The molecule has 0 amide bonds. The number of sulfonamides is 1. The largest absolute Gasteiger partial charge is 0.370 e. The number of ether oxygens (including phenoxy) is 1. The van der Waals surface area contributed by atoms with E-state index in [1.807, 2.05) is 38.1 Å². The lowest BCUT2D eigenvalue weighted by Gasteiger charge is -2.37. The molecule has 6 heteroatoms. The summed E-state index contributed by atoms with van der Waals surface area (Å²) in [7, 11) is -3.69. The third kappa shape index (κ3) is 3.36. The molecule has 0 bridgehead atoms. The van der Waals surface area contributed by atoms with Crippen LogP contribution in [0.25, 0.3) is 0 Å². The number of aryl methyl sites for hydroxylation is 1. The maximum atomic E-state index is 13.1. The highest BCUT2D eigenvalue weighted by atomic mass is 32.2. The van der Waals surface area contributed by atoms with E-state index in [9.17, 15) is 12.8 Å². The Morgan fingerprint density at radius 2 is 1.71 bits per heavy atom. The molecular formula is C18H20FNO3S. The van der Waals surface area contributed by atoms with Gasteiger partial charge >= 0.3 is 0 Å². The van der Waals surface area contributed by atoms with Crippen LogP contribution < -0.4 is 0 Å². The lowest BCUT2D eigenvalue weighted by Crippen LogP contribution is -2.48. The van der Waals surface area contributed by atoms with Crippen molar-refractivity contribution in [3.05, 3.63) is 65.5 Å². The first-order valence-electron chi connectivity index (χ1n) is 7.83. The zero-order valence-corrected chi connectivity index (χ0v) is 14.5. The van der Waals surface area contributed by atoms with E-state index < -0.39 is 15.8 Å². The minimum atomic E-state index is -3.69. The molecule has 2 aromatic rings. The van der Waals surface area contributed by atoms with E-state index >= 15 is 0 Å². The Kier molecular flexibility index (Phi) is 4.71. The summed E-state index contributed by atoms with van der Waals surface area (Å²) in [6.07, 6.45) is -0.308. The maximum Gasteiger partial charge on any atom is 0.243 e. The molecule has 0 spiro atoms. The molecule has 4 nitrogen and oxygen atoms in total. The first-order chi connectivity index (χ1) is 11.4. The fourth-order valence-electron chi connectivity index (χ4n) is 2.79. The SMILES string of the molecule is Cc1ccc(C2CN(S(=O)(=O)c3ccc(F)cc3)C(C)CO2)cc1. The highest BCUT2D eigenvalue weighted by Gasteiger charge is 2.36. The molecule has 128 valence electrons. The fourth-order valence-corrected chi connectivity index (χ4v) is 4.41. The Morgan fingerprint density at radius 1 is 1.08 bits per heavy atom. The summed E-state index contributed by atoms with van der Waals surface area (Å²) in [6, 6.07) is 12.5. The van der Waals surface area contributed by atoms with E-state index in [0.717, 1.165) is 23.3 Å². The summed E-state index contributed by atoms with van der Waals surface area (Å²) in [5.74, 6) is -0.457. The van der Waals surface area contributed by atoms with Gasteiger partial charge in [-0.15, -0.1) is 0 Å². The second kappa shape index (κ2) is 6.63. The number of halogens is 1. The van der Waals surface area contributed by atoms with E-state index in [1.54, 1.807) is 0 Å². The second-order valence-electron chi connectivity index (χ2n) is 6.11. The van der Waals surface area contributed by atoms with Gasteiger partial charge in [0.1, 0.15) is 5.82 Å². The van der Waals surface area contributed by atoms with Gasteiger partial charge in [0.25, 0.3) is 0 Å². The number of hydrogen-bond acceptors (Lipinski definition) is 3. The predicted molar refractivity (Wildman–Crippen MR) is 89.6 cm³/mol. The molecule has 3 rings (SSSR count). The molecule has 1 saturated heterocycles. The lowest BCUT2D eigenvalue weighted by atomic mass is 10.1. The van der Waals surface area contributed by atoms with Gasteiger partial charge in [0.15, 0.2) is 0 Å². The van der Waals surface area contributed by atoms with Crippen LogP contribution in [0.3, 0.4) is 0 Å². The van der Waals surface area contributed by atoms with E-state index in [0.29, 0.717) is 6.61 Å². The van der Waals surface area contributed by atoms with Gasteiger partial charge in [-0.05, 0) is 43.7 Å². The third-order valence-corrected chi connectivity index (χ3v) is 6.24. The fraction of sp³-hybridized carbons (Fsp3) is 0.333. The van der Waals surface area contributed by atoms with E-state index in [1.165, 1.54) is 16.4 Å². The minimum absolute atomic E-state index is 0.0975.